The van der Waals surface area contributed by atoms with Crippen molar-refractivity contribution in [2.24, 2.45) is 0 Å². The van der Waals surface area contributed by atoms with Crippen LogP contribution in [0.5, 0.6) is 0 Å². The van der Waals surface area contributed by atoms with Gasteiger partial charge in [0.05, 0.1) is 5.69 Å². The van der Waals surface area contributed by atoms with E-state index in [2.05, 4.69) is 19.9 Å². The molecule has 4 nitrogen and oxygen atoms in total. The highest BCUT2D eigenvalue weighted by Crippen LogP contribution is 2.32. The topological polar surface area (TPSA) is 54.5 Å². The fraction of sp³-hybridized carbons (Fsp3) is 0.0714. The molecule has 2 aromatic heterocycles. The molecule has 0 amide bonds. The summed E-state index contributed by atoms with van der Waals surface area (Å²) in [7, 11) is 0. The Morgan fingerprint density at radius 3 is 2.29 bits per heavy atom. The molecule has 3 aromatic rings. The van der Waals surface area contributed by atoms with E-state index in [4.69, 9.17) is 0 Å². The normalized spacial score (nSPS) is 11.8. The standard InChI is InChI=1S/C14H6F5IN4/c15-7-2-1-6(3-8(7)16)9-4-10(14(17,18)19)23-13(22-9)12-21-5-11(20)24-12/h1-5H,(H,21,24). The zero-order chi connectivity index (χ0) is 17.5. The first kappa shape index (κ1) is 16.7. The lowest BCUT2D eigenvalue weighted by atomic mass is 10.1. The van der Waals surface area contributed by atoms with Crippen molar-refractivity contribution < 1.29 is 22.0 Å². The van der Waals surface area contributed by atoms with E-state index in [1.165, 1.54) is 6.20 Å². The Hall–Kier alpha value is -2.11. The Bertz CT molecular complexity index is 906. The minimum Gasteiger partial charge on any atom is -0.341 e. The zero-order valence-electron chi connectivity index (χ0n) is 11.5. The van der Waals surface area contributed by atoms with E-state index < -0.39 is 23.5 Å². The molecule has 0 saturated heterocycles. The second-order valence-electron chi connectivity index (χ2n) is 4.66. The first-order valence-electron chi connectivity index (χ1n) is 6.37. The van der Waals surface area contributed by atoms with Gasteiger partial charge in [0, 0.05) is 11.8 Å². The van der Waals surface area contributed by atoms with Crippen molar-refractivity contribution in [3.05, 3.63) is 51.5 Å². The molecule has 0 saturated carbocycles. The Labute approximate surface area is 145 Å². The lowest BCUT2D eigenvalue weighted by molar-refractivity contribution is -0.141. The van der Waals surface area contributed by atoms with Gasteiger partial charge in [0.25, 0.3) is 0 Å². The lowest BCUT2D eigenvalue weighted by Gasteiger charge is -2.10. The minimum absolute atomic E-state index is 0.00990. The number of imidazole rings is 1. The number of hydrogen-bond acceptors (Lipinski definition) is 3. The molecule has 0 aliphatic rings. The molecule has 3 rings (SSSR count). The molecule has 0 fully saturated rings. The third-order valence-corrected chi connectivity index (χ3v) is 3.54. The molecular formula is C14H6F5IN4. The summed E-state index contributed by atoms with van der Waals surface area (Å²) in [6.07, 6.45) is -3.26. The van der Waals surface area contributed by atoms with Gasteiger partial charge >= 0.3 is 6.18 Å². The van der Waals surface area contributed by atoms with Crippen LogP contribution in [-0.4, -0.2) is 19.9 Å². The number of aromatic nitrogens is 4. The monoisotopic (exact) mass is 452 g/mol. The molecule has 2 heterocycles. The Morgan fingerprint density at radius 1 is 0.958 bits per heavy atom. The Balaban J connectivity index is 2.19. The van der Waals surface area contributed by atoms with Crippen molar-refractivity contribution >= 4 is 22.6 Å². The summed E-state index contributed by atoms with van der Waals surface area (Å²) in [5, 5.41) is 0. The lowest BCUT2D eigenvalue weighted by Crippen LogP contribution is -2.10. The quantitative estimate of drug-likeness (QED) is 0.463. The smallest absolute Gasteiger partial charge is 0.341 e. The van der Waals surface area contributed by atoms with Crippen LogP contribution in [0.2, 0.25) is 0 Å². The Morgan fingerprint density at radius 2 is 1.71 bits per heavy atom. The van der Waals surface area contributed by atoms with Crippen LogP contribution in [0.25, 0.3) is 22.9 Å². The third-order valence-electron chi connectivity index (χ3n) is 2.99. The van der Waals surface area contributed by atoms with E-state index in [0.717, 1.165) is 18.2 Å². The molecule has 0 aliphatic heterocycles. The number of aromatic amines is 1. The van der Waals surface area contributed by atoms with Gasteiger partial charge in [-0.05, 0) is 46.9 Å². The van der Waals surface area contributed by atoms with E-state index in [1.54, 1.807) is 0 Å². The van der Waals surface area contributed by atoms with Gasteiger partial charge in [-0.25, -0.2) is 23.7 Å². The van der Waals surface area contributed by atoms with Crippen molar-refractivity contribution in [3.8, 4) is 22.9 Å². The van der Waals surface area contributed by atoms with Crippen molar-refractivity contribution in [1.29, 1.82) is 0 Å². The summed E-state index contributed by atoms with van der Waals surface area (Å²) in [6, 6.07) is 3.39. The molecule has 1 N–H and O–H groups in total. The highest BCUT2D eigenvalue weighted by Gasteiger charge is 2.34. The number of nitrogens with one attached hydrogen (secondary N) is 1. The molecule has 0 bridgehead atoms. The van der Waals surface area contributed by atoms with Gasteiger partial charge in [-0.15, -0.1) is 0 Å². The largest absolute Gasteiger partial charge is 0.433 e. The van der Waals surface area contributed by atoms with Crippen LogP contribution < -0.4 is 0 Å². The van der Waals surface area contributed by atoms with E-state index >= 15 is 0 Å². The molecule has 0 aliphatic carbocycles. The summed E-state index contributed by atoms with van der Waals surface area (Å²) in [4.78, 5) is 14.1. The second kappa shape index (κ2) is 6.07. The van der Waals surface area contributed by atoms with E-state index in [9.17, 15) is 22.0 Å². The van der Waals surface area contributed by atoms with E-state index in [0.29, 0.717) is 9.77 Å². The Kier molecular flexibility index (Phi) is 4.24. The number of benzene rings is 1. The summed E-state index contributed by atoms with van der Waals surface area (Å²) < 4.78 is 66.1. The maximum Gasteiger partial charge on any atom is 0.433 e. The van der Waals surface area contributed by atoms with E-state index in [1.807, 2.05) is 22.6 Å². The predicted octanol–water partition coefficient (Wildman–Crippen LogP) is 4.44. The number of rotatable bonds is 2. The zero-order valence-corrected chi connectivity index (χ0v) is 13.7. The SMILES string of the molecule is Fc1ccc(-c2cc(C(F)(F)F)nc(-c3nc(I)c[nH]3)n2)cc1F. The van der Waals surface area contributed by atoms with Gasteiger partial charge in [-0.1, -0.05) is 0 Å². The van der Waals surface area contributed by atoms with Crippen molar-refractivity contribution in [2.45, 2.75) is 6.18 Å². The molecule has 24 heavy (non-hydrogen) atoms. The van der Waals surface area contributed by atoms with Gasteiger partial charge in [-0.2, -0.15) is 13.2 Å². The highest BCUT2D eigenvalue weighted by molar-refractivity contribution is 14.1. The average molecular weight is 452 g/mol. The summed E-state index contributed by atoms with van der Waals surface area (Å²) >= 11 is 1.87. The van der Waals surface area contributed by atoms with Crippen LogP contribution in [0, 0.1) is 15.3 Å². The first-order valence-corrected chi connectivity index (χ1v) is 7.45. The molecular weight excluding hydrogens is 446 g/mol. The number of H-pyrrole nitrogens is 1. The minimum atomic E-state index is -4.73. The van der Waals surface area contributed by atoms with Crippen LogP contribution in [0.1, 0.15) is 5.69 Å². The number of nitrogens with zero attached hydrogens (tertiary/aromatic N) is 3. The van der Waals surface area contributed by atoms with Crippen LogP contribution >= 0.6 is 22.6 Å². The van der Waals surface area contributed by atoms with Gasteiger partial charge < -0.3 is 4.98 Å². The summed E-state index contributed by atoms with van der Waals surface area (Å²) in [6.45, 7) is 0. The van der Waals surface area contributed by atoms with Crippen LogP contribution in [0.15, 0.2) is 30.5 Å². The highest BCUT2D eigenvalue weighted by atomic mass is 127. The summed E-state index contributed by atoms with van der Waals surface area (Å²) in [5.41, 5.74) is -1.42. The van der Waals surface area contributed by atoms with Crippen LogP contribution in [0.3, 0.4) is 0 Å². The molecule has 10 heteroatoms. The van der Waals surface area contributed by atoms with Gasteiger partial charge in [0.1, 0.15) is 9.39 Å². The summed E-state index contributed by atoms with van der Waals surface area (Å²) in [5.74, 6) is -2.56. The molecule has 1 aromatic carbocycles. The maximum absolute atomic E-state index is 13.4. The molecule has 0 spiro atoms. The number of hydrogen-bond donors (Lipinski definition) is 1. The molecule has 0 unspecified atom stereocenters. The van der Waals surface area contributed by atoms with Crippen molar-refractivity contribution in [3.63, 3.8) is 0 Å². The molecule has 124 valence electrons. The number of alkyl halides is 3. The van der Waals surface area contributed by atoms with Crippen molar-refractivity contribution in [2.75, 3.05) is 0 Å². The van der Waals surface area contributed by atoms with Crippen LogP contribution in [0.4, 0.5) is 22.0 Å². The molecule has 0 atom stereocenters. The van der Waals surface area contributed by atoms with Gasteiger partial charge in [0.15, 0.2) is 23.3 Å². The fourth-order valence-electron chi connectivity index (χ4n) is 1.92. The van der Waals surface area contributed by atoms with Gasteiger partial charge in [-0.3, -0.25) is 0 Å². The predicted molar refractivity (Wildman–Crippen MR) is 82.7 cm³/mol. The first-order chi connectivity index (χ1) is 11.2. The van der Waals surface area contributed by atoms with Gasteiger partial charge in [0.2, 0.25) is 0 Å². The van der Waals surface area contributed by atoms with E-state index in [-0.39, 0.29) is 22.9 Å². The maximum atomic E-state index is 13.4. The number of halogens is 6. The van der Waals surface area contributed by atoms with Crippen LogP contribution in [-0.2, 0) is 6.18 Å². The third kappa shape index (κ3) is 3.37. The van der Waals surface area contributed by atoms with Crippen molar-refractivity contribution in [1.82, 2.24) is 19.9 Å². The molecule has 0 radical (unpaired) electrons. The fourth-order valence-corrected chi connectivity index (χ4v) is 2.31. The average Bonchev–Trinajstić information content (AvgIpc) is 2.95. The second-order valence-corrected chi connectivity index (χ2v) is 5.77.